The van der Waals surface area contributed by atoms with Crippen molar-refractivity contribution in [3.8, 4) is 0 Å². The lowest BCUT2D eigenvalue weighted by atomic mass is 9.96. The smallest absolute Gasteiger partial charge is 0.234 e. The van der Waals surface area contributed by atoms with E-state index in [1.807, 2.05) is 24.3 Å². The summed E-state index contributed by atoms with van der Waals surface area (Å²) in [7, 11) is 0. The van der Waals surface area contributed by atoms with Crippen LogP contribution in [0.1, 0.15) is 31.4 Å². The number of nitrogens with zero attached hydrogens (tertiary/aromatic N) is 1. The van der Waals surface area contributed by atoms with Crippen LogP contribution in [0.4, 0.5) is 0 Å². The number of amides is 1. The van der Waals surface area contributed by atoms with Gasteiger partial charge < -0.3 is 11.1 Å². The molecule has 0 spiro atoms. The molecule has 2 atom stereocenters. The van der Waals surface area contributed by atoms with Crippen LogP contribution in [0.25, 0.3) is 0 Å². The molecule has 2 rings (SSSR count). The maximum atomic E-state index is 11.8. The van der Waals surface area contributed by atoms with E-state index in [9.17, 15) is 4.79 Å². The highest BCUT2D eigenvalue weighted by molar-refractivity contribution is 6.30. The van der Waals surface area contributed by atoms with Gasteiger partial charge in [-0.2, -0.15) is 0 Å². The van der Waals surface area contributed by atoms with Gasteiger partial charge in [0.15, 0.2) is 0 Å². The molecule has 1 fully saturated rings. The van der Waals surface area contributed by atoms with Gasteiger partial charge in [0.25, 0.3) is 0 Å². The maximum Gasteiger partial charge on any atom is 0.234 e. The number of nitrogens with one attached hydrogen (secondary N) is 1. The van der Waals surface area contributed by atoms with E-state index in [1.165, 1.54) is 0 Å². The van der Waals surface area contributed by atoms with Crippen molar-refractivity contribution in [2.75, 3.05) is 19.6 Å². The highest BCUT2D eigenvalue weighted by Gasteiger charge is 2.28. The molecular weight excluding hydrogens is 274 g/mol. The highest BCUT2D eigenvalue weighted by Crippen LogP contribution is 2.27. The summed E-state index contributed by atoms with van der Waals surface area (Å²) in [4.78, 5) is 14.0. The van der Waals surface area contributed by atoms with Gasteiger partial charge in [0.1, 0.15) is 0 Å². The molecule has 1 heterocycles. The molecule has 0 saturated carbocycles. The van der Waals surface area contributed by atoms with Crippen LogP contribution in [0.5, 0.6) is 0 Å². The minimum Gasteiger partial charge on any atom is -0.355 e. The molecule has 0 aliphatic carbocycles. The lowest BCUT2D eigenvalue weighted by molar-refractivity contribution is -0.122. The minimum atomic E-state index is -0.0145. The molecule has 0 radical (unpaired) electrons. The largest absolute Gasteiger partial charge is 0.355 e. The standard InChI is InChI=1S/C15H22ClN3O/c1-2-13(17)15(11-5-3-6-12(16)9-11)19-8-4-7-18-14(20)10-19/h3,5-6,9,13,15H,2,4,7-8,10,17H2,1H3,(H,18,20). The van der Waals surface area contributed by atoms with E-state index < -0.39 is 0 Å². The van der Waals surface area contributed by atoms with Crippen molar-refractivity contribution in [2.24, 2.45) is 5.73 Å². The Hall–Kier alpha value is -1.10. The fourth-order valence-corrected chi connectivity index (χ4v) is 2.91. The van der Waals surface area contributed by atoms with Crippen molar-refractivity contribution in [1.29, 1.82) is 0 Å². The van der Waals surface area contributed by atoms with Crippen molar-refractivity contribution in [1.82, 2.24) is 10.2 Å². The molecule has 0 aromatic heterocycles. The number of hydrogen-bond acceptors (Lipinski definition) is 3. The number of carbonyl (C=O) groups excluding carboxylic acids is 1. The van der Waals surface area contributed by atoms with Crippen molar-refractivity contribution < 1.29 is 4.79 Å². The zero-order valence-corrected chi connectivity index (χ0v) is 12.6. The molecule has 20 heavy (non-hydrogen) atoms. The Labute approximate surface area is 125 Å². The third kappa shape index (κ3) is 3.72. The summed E-state index contributed by atoms with van der Waals surface area (Å²) >= 11 is 6.10. The topological polar surface area (TPSA) is 58.4 Å². The van der Waals surface area contributed by atoms with Gasteiger partial charge in [-0.25, -0.2) is 0 Å². The summed E-state index contributed by atoms with van der Waals surface area (Å²) in [5, 5.41) is 3.61. The Balaban J connectivity index is 2.29. The molecule has 1 aromatic carbocycles. The molecule has 110 valence electrons. The molecule has 0 bridgehead atoms. The first-order valence-corrected chi connectivity index (χ1v) is 7.51. The monoisotopic (exact) mass is 295 g/mol. The summed E-state index contributed by atoms with van der Waals surface area (Å²) < 4.78 is 0. The van der Waals surface area contributed by atoms with Crippen LogP contribution in [0.15, 0.2) is 24.3 Å². The third-order valence-electron chi connectivity index (χ3n) is 3.75. The van der Waals surface area contributed by atoms with E-state index >= 15 is 0 Å². The Morgan fingerprint density at radius 1 is 1.50 bits per heavy atom. The van der Waals surface area contributed by atoms with Crippen LogP contribution in [-0.4, -0.2) is 36.5 Å². The number of hydrogen-bond donors (Lipinski definition) is 2. The summed E-state index contributed by atoms with van der Waals surface area (Å²) in [6, 6.07) is 7.79. The van der Waals surface area contributed by atoms with Crippen LogP contribution in [0, 0.1) is 0 Å². The van der Waals surface area contributed by atoms with Crippen LogP contribution in [0.2, 0.25) is 5.02 Å². The molecule has 1 aromatic rings. The summed E-state index contributed by atoms with van der Waals surface area (Å²) in [5.74, 6) is 0.0674. The second-order valence-electron chi connectivity index (χ2n) is 5.25. The number of benzene rings is 1. The summed E-state index contributed by atoms with van der Waals surface area (Å²) in [6.45, 7) is 4.06. The Bertz CT molecular complexity index is 466. The van der Waals surface area contributed by atoms with Crippen molar-refractivity contribution in [3.05, 3.63) is 34.9 Å². The molecule has 4 nitrogen and oxygen atoms in total. The average molecular weight is 296 g/mol. The molecule has 1 aliphatic heterocycles. The first-order chi connectivity index (χ1) is 9.61. The maximum absolute atomic E-state index is 11.8. The van der Waals surface area contributed by atoms with Crippen LogP contribution < -0.4 is 11.1 Å². The van der Waals surface area contributed by atoms with Gasteiger partial charge in [-0.05, 0) is 30.5 Å². The number of carbonyl (C=O) groups is 1. The molecule has 2 unspecified atom stereocenters. The fourth-order valence-electron chi connectivity index (χ4n) is 2.71. The van der Waals surface area contributed by atoms with Crippen molar-refractivity contribution in [3.63, 3.8) is 0 Å². The van der Waals surface area contributed by atoms with Crippen LogP contribution in [0.3, 0.4) is 0 Å². The minimum absolute atomic E-state index is 0.0145. The van der Waals surface area contributed by atoms with Gasteiger partial charge in [-0.1, -0.05) is 30.7 Å². The Morgan fingerprint density at radius 3 is 3.00 bits per heavy atom. The molecule has 3 N–H and O–H groups in total. The first kappa shape index (κ1) is 15.3. The van der Waals surface area contributed by atoms with Crippen molar-refractivity contribution >= 4 is 17.5 Å². The van der Waals surface area contributed by atoms with Gasteiger partial charge in [-0.15, -0.1) is 0 Å². The van der Waals surface area contributed by atoms with Gasteiger partial charge in [0.2, 0.25) is 5.91 Å². The molecule has 1 amide bonds. The van der Waals surface area contributed by atoms with Gasteiger partial charge in [0, 0.05) is 24.2 Å². The lowest BCUT2D eigenvalue weighted by Gasteiger charge is -2.34. The van der Waals surface area contributed by atoms with E-state index in [0.29, 0.717) is 11.6 Å². The van der Waals surface area contributed by atoms with Gasteiger partial charge >= 0.3 is 0 Å². The highest BCUT2D eigenvalue weighted by atomic mass is 35.5. The quantitative estimate of drug-likeness (QED) is 0.892. The van der Waals surface area contributed by atoms with Gasteiger partial charge in [-0.3, -0.25) is 9.69 Å². The fraction of sp³-hybridized carbons (Fsp3) is 0.533. The van der Waals surface area contributed by atoms with E-state index in [2.05, 4.69) is 17.1 Å². The molecule has 1 aliphatic rings. The second kappa shape index (κ2) is 7.07. The number of halogens is 1. The van der Waals surface area contributed by atoms with E-state index in [0.717, 1.165) is 31.5 Å². The van der Waals surface area contributed by atoms with Gasteiger partial charge in [0.05, 0.1) is 12.6 Å². The predicted molar refractivity (Wildman–Crippen MR) is 81.7 cm³/mol. The first-order valence-electron chi connectivity index (χ1n) is 7.13. The Morgan fingerprint density at radius 2 is 2.30 bits per heavy atom. The third-order valence-corrected chi connectivity index (χ3v) is 3.99. The van der Waals surface area contributed by atoms with E-state index in [1.54, 1.807) is 0 Å². The Kier molecular flexibility index (Phi) is 5.40. The number of rotatable bonds is 4. The zero-order valence-electron chi connectivity index (χ0n) is 11.8. The second-order valence-corrected chi connectivity index (χ2v) is 5.68. The van der Waals surface area contributed by atoms with E-state index in [-0.39, 0.29) is 18.0 Å². The summed E-state index contributed by atoms with van der Waals surface area (Å²) in [5.41, 5.74) is 7.39. The molecule has 1 saturated heterocycles. The van der Waals surface area contributed by atoms with Crippen molar-refractivity contribution in [2.45, 2.75) is 31.8 Å². The lowest BCUT2D eigenvalue weighted by Crippen LogP contribution is -2.43. The van der Waals surface area contributed by atoms with E-state index in [4.69, 9.17) is 17.3 Å². The molecular formula is C15H22ClN3O. The summed E-state index contributed by atoms with van der Waals surface area (Å²) in [6.07, 6.45) is 1.80. The zero-order chi connectivity index (χ0) is 14.5. The SMILES string of the molecule is CCC(N)C(c1cccc(Cl)c1)N1CCCNC(=O)C1. The average Bonchev–Trinajstić information content (AvgIpc) is 2.63. The number of nitrogens with two attached hydrogens (primary N) is 1. The predicted octanol–water partition coefficient (Wildman–Crippen LogP) is 1.94. The van der Waals surface area contributed by atoms with Crippen LogP contribution in [-0.2, 0) is 4.79 Å². The molecule has 5 heteroatoms. The van der Waals surface area contributed by atoms with Crippen LogP contribution >= 0.6 is 11.6 Å². The normalized spacial score (nSPS) is 20.1.